The van der Waals surface area contributed by atoms with Crippen molar-refractivity contribution in [3.05, 3.63) is 0 Å². The first-order valence-corrected chi connectivity index (χ1v) is 8.49. The minimum absolute atomic E-state index is 0.149. The zero-order valence-corrected chi connectivity index (χ0v) is 15.7. The lowest BCUT2D eigenvalue weighted by molar-refractivity contribution is -0.450. The summed E-state index contributed by atoms with van der Waals surface area (Å²) in [5, 5.41) is 0. The Morgan fingerprint density at radius 2 is 0.938 bits per heavy atom. The van der Waals surface area contributed by atoms with Crippen LogP contribution in [0.25, 0.3) is 0 Å². The van der Waals surface area contributed by atoms with Crippen LogP contribution in [0.3, 0.4) is 0 Å². The molecule has 0 aliphatic carbocycles. The summed E-state index contributed by atoms with van der Waals surface area (Å²) in [6.45, 7) is 0.616. The van der Waals surface area contributed by atoms with Crippen LogP contribution < -0.4 is 0 Å². The normalized spacial score (nSPS) is 15.1. The Kier molecular flexibility index (Phi) is 8.89. The van der Waals surface area contributed by atoms with Crippen molar-refractivity contribution in [1.29, 1.82) is 0 Å². The molecule has 0 unspecified atom stereocenters. The number of hydrogen-bond acceptors (Lipinski definition) is 2. The van der Waals surface area contributed by atoms with Crippen LogP contribution in [0.4, 0.5) is 65.9 Å². The smallest absolute Gasteiger partial charge is 0.460 e. The number of halogens is 15. The molecule has 0 aromatic heterocycles. The van der Waals surface area contributed by atoms with Gasteiger partial charge in [-0.25, -0.2) is 4.79 Å². The first-order chi connectivity index (χ1) is 14.0. The fourth-order valence-corrected chi connectivity index (χ4v) is 2.06. The van der Waals surface area contributed by atoms with E-state index in [4.69, 9.17) is 0 Å². The SMILES string of the molecule is CCCCCCCOC(=O)C(F)(F)C(F)(F)C(F)(F)C(F)(F)C(F)(F)C(F)(F)C(F)(F)F. The van der Waals surface area contributed by atoms with E-state index < -0.39 is 54.3 Å². The molecule has 0 rings (SSSR count). The molecule has 192 valence electrons. The van der Waals surface area contributed by atoms with Crippen LogP contribution in [-0.4, -0.2) is 54.3 Å². The second-order valence-electron chi connectivity index (χ2n) is 6.49. The number of unbranched alkanes of at least 4 members (excludes halogenated alkanes) is 4. The first kappa shape index (κ1) is 30.4. The summed E-state index contributed by atoms with van der Waals surface area (Å²) >= 11 is 0. The maximum Gasteiger partial charge on any atom is 0.460 e. The monoisotopic (exact) mass is 512 g/mol. The molecular weight excluding hydrogens is 497 g/mol. The van der Waals surface area contributed by atoms with Gasteiger partial charge in [0.2, 0.25) is 0 Å². The summed E-state index contributed by atoms with van der Waals surface area (Å²) in [6, 6.07) is 0. The molecule has 0 atom stereocenters. The lowest BCUT2D eigenvalue weighted by atomic mass is 9.91. The number of alkyl halides is 15. The molecule has 0 N–H and O–H groups in total. The Hall–Kier alpha value is -1.58. The number of esters is 1. The number of rotatable bonds is 12. The van der Waals surface area contributed by atoms with E-state index in [2.05, 4.69) is 4.74 Å². The van der Waals surface area contributed by atoms with Crippen LogP contribution in [0.5, 0.6) is 0 Å². The van der Waals surface area contributed by atoms with Gasteiger partial charge in [-0.2, -0.15) is 65.9 Å². The van der Waals surface area contributed by atoms with Gasteiger partial charge in [0, 0.05) is 0 Å². The highest BCUT2D eigenvalue weighted by molar-refractivity contribution is 5.79. The second-order valence-corrected chi connectivity index (χ2v) is 6.49. The molecule has 0 saturated carbocycles. The van der Waals surface area contributed by atoms with Gasteiger partial charge in [0.1, 0.15) is 0 Å². The summed E-state index contributed by atoms with van der Waals surface area (Å²) in [7, 11) is 0. The third-order valence-electron chi connectivity index (χ3n) is 4.07. The van der Waals surface area contributed by atoms with E-state index in [-0.39, 0.29) is 12.8 Å². The Morgan fingerprint density at radius 1 is 0.562 bits per heavy atom. The maximum atomic E-state index is 13.5. The van der Waals surface area contributed by atoms with Gasteiger partial charge in [-0.15, -0.1) is 0 Å². The summed E-state index contributed by atoms with van der Waals surface area (Å²) in [5.74, 6) is -51.6. The highest BCUT2D eigenvalue weighted by atomic mass is 19.4. The molecule has 32 heavy (non-hydrogen) atoms. The number of ether oxygens (including phenoxy) is 1. The van der Waals surface area contributed by atoms with E-state index in [9.17, 15) is 70.7 Å². The van der Waals surface area contributed by atoms with E-state index in [0.717, 1.165) is 0 Å². The van der Waals surface area contributed by atoms with Crippen LogP contribution in [0.15, 0.2) is 0 Å². The van der Waals surface area contributed by atoms with E-state index in [1.165, 1.54) is 0 Å². The van der Waals surface area contributed by atoms with E-state index in [1.807, 2.05) is 0 Å². The molecule has 0 amide bonds. The maximum absolute atomic E-state index is 13.5. The number of hydrogen-bond donors (Lipinski definition) is 0. The van der Waals surface area contributed by atoms with Crippen molar-refractivity contribution in [1.82, 2.24) is 0 Å². The Morgan fingerprint density at radius 3 is 1.34 bits per heavy atom. The minimum atomic E-state index is -8.42. The van der Waals surface area contributed by atoms with Crippen LogP contribution in [0.1, 0.15) is 39.0 Å². The molecule has 0 aliphatic rings. The molecule has 0 heterocycles. The molecule has 0 radical (unpaired) electrons. The van der Waals surface area contributed by atoms with Crippen molar-refractivity contribution < 1.29 is 75.4 Å². The standard InChI is InChI=1S/C15H15F15O2/c1-2-3-4-5-6-7-32-8(31)9(16,17)10(18,19)11(20,21)12(22,23)13(24,25)14(26,27)15(28,29)30/h2-7H2,1H3. The van der Waals surface area contributed by atoms with Crippen molar-refractivity contribution in [2.75, 3.05) is 6.61 Å². The van der Waals surface area contributed by atoms with Gasteiger partial charge < -0.3 is 4.74 Å². The van der Waals surface area contributed by atoms with E-state index in [1.54, 1.807) is 6.92 Å². The molecular formula is C15H15F15O2. The fraction of sp³-hybridized carbons (Fsp3) is 0.933. The molecule has 0 aliphatic heterocycles. The van der Waals surface area contributed by atoms with Crippen LogP contribution in [0.2, 0.25) is 0 Å². The fourth-order valence-electron chi connectivity index (χ4n) is 2.06. The largest absolute Gasteiger partial charge is 0.461 e. The summed E-state index contributed by atoms with van der Waals surface area (Å²) in [4.78, 5) is 11.0. The lowest BCUT2D eigenvalue weighted by Crippen LogP contribution is -2.73. The highest BCUT2D eigenvalue weighted by Crippen LogP contribution is 2.62. The van der Waals surface area contributed by atoms with Crippen molar-refractivity contribution in [3.63, 3.8) is 0 Å². The highest BCUT2D eigenvalue weighted by Gasteiger charge is 2.94. The van der Waals surface area contributed by atoms with Crippen LogP contribution in [-0.2, 0) is 9.53 Å². The Balaban J connectivity index is 5.92. The minimum Gasteiger partial charge on any atom is -0.461 e. The predicted molar refractivity (Wildman–Crippen MR) is 75.5 cm³/mol. The van der Waals surface area contributed by atoms with Gasteiger partial charge in [0.15, 0.2) is 0 Å². The quantitative estimate of drug-likeness (QED) is 0.162. The van der Waals surface area contributed by atoms with Gasteiger partial charge in [-0.1, -0.05) is 32.6 Å². The molecule has 0 aromatic carbocycles. The van der Waals surface area contributed by atoms with E-state index in [0.29, 0.717) is 19.3 Å². The van der Waals surface area contributed by atoms with Gasteiger partial charge >= 0.3 is 47.7 Å². The molecule has 2 nitrogen and oxygen atoms in total. The van der Waals surface area contributed by atoms with Crippen LogP contribution >= 0.6 is 0 Å². The predicted octanol–water partition coefficient (Wildman–Crippen LogP) is 6.87. The number of carbonyl (C=O) groups is 1. The van der Waals surface area contributed by atoms with Gasteiger partial charge in [0.25, 0.3) is 0 Å². The summed E-state index contributed by atoms with van der Waals surface area (Å²) in [5.41, 5.74) is 0. The molecule has 0 spiro atoms. The molecule has 17 heteroatoms. The molecule has 0 saturated heterocycles. The Labute approximate surface area is 170 Å². The molecule has 0 fully saturated rings. The topological polar surface area (TPSA) is 26.3 Å². The van der Waals surface area contributed by atoms with Crippen molar-refractivity contribution in [2.45, 2.75) is 80.7 Å². The molecule has 0 bridgehead atoms. The molecule has 0 aromatic rings. The van der Waals surface area contributed by atoms with Crippen LogP contribution in [0, 0.1) is 0 Å². The lowest BCUT2D eigenvalue weighted by Gasteiger charge is -2.40. The second kappa shape index (κ2) is 9.35. The third kappa shape index (κ3) is 4.84. The zero-order chi connectivity index (χ0) is 26.0. The Bertz CT molecular complexity index is 639. The van der Waals surface area contributed by atoms with Crippen molar-refractivity contribution >= 4 is 5.97 Å². The summed E-state index contributed by atoms with van der Waals surface area (Å²) in [6.07, 6.45) is -6.13. The summed E-state index contributed by atoms with van der Waals surface area (Å²) < 4.78 is 198. The van der Waals surface area contributed by atoms with E-state index >= 15 is 0 Å². The average Bonchev–Trinajstić information content (AvgIpc) is 2.62. The van der Waals surface area contributed by atoms with Crippen molar-refractivity contribution in [3.8, 4) is 0 Å². The van der Waals surface area contributed by atoms with Gasteiger partial charge in [-0.05, 0) is 6.42 Å². The van der Waals surface area contributed by atoms with Crippen molar-refractivity contribution in [2.24, 2.45) is 0 Å². The van der Waals surface area contributed by atoms with Gasteiger partial charge in [-0.3, -0.25) is 0 Å². The third-order valence-corrected chi connectivity index (χ3v) is 4.07. The number of carbonyl (C=O) groups excluding carboxylic acids is 1. The zero-order valence-electron chi connectivity index (χ0n) is 15.7. The average molecular weight is 512 g/mol. The van der Waals surface area contributed by atoms with Gasteiger partial charge in [0.05, 0.1) is 6.61 Å². The first-order valence-electron chi connectivity index (χ1n) is 8.49.